The summed E-state index contributed by atoms with van der Waals surface area (Å²) < 4.78 is 20.2. The van der Waals surface area contributed by atoms with Gasteiger partial charge in [0.25, 0.3) is 5.56 Å². The van der Waals surface area contributed by atoms with Gasteiger partial charge >= 0.3 is 0 Å². The van der Waals surface area contributed by atoms with Crippen molar-refractivity contribution in [3.05, 3.63) is 99.7 Å². The minimum absolute atomic E-state index is 0.119. The lowest BCUT2D eigenvalue weighted by Crippen LogP contribution is -2.22. The Kier molecular flexibility index (Phi) is 6.04. The molecule has 2 aromatic carbocycles. The highest BCUT2D eigenvalue weighted by molar-refractivity contribution is 5.27. The lowest BCUT2D eigenvalue weighted by Gasteiger charge is -2.16. The fraction of sp³-hybridized carbons (Fsp3) is 0.227. The number of halogens is 1. The van der Waals surface area contributed by atoms with Crippen LogP contribution in [0.2, 0.25) is 0 Å². The first kappa shape index (κ1) is 18.9. The maximum Gasteiger partial charge on any atom is 0.254 e. The highest BCUT2D eigenvalue weighted by Gasteiger charge is 2.10. The summed E-state index contributed by atoms with van der Waals surface area (Å²) in [7, 11) is 0. The van der Waals surface area contributed by atoms with Crippen LogP contribution in [0.25, 0.3) is 0 Å². The molecule has 0 aliphatic rings. The van der Waals surface area contributed by atoms with Gasteiger partial charge in [-0.3, -0.25) is 4.79 Å². The van der Waals surface area contributed by atoms with Crippen molar-refractivity contribution in [2.75, 3.05) is 6.61 Å². The van der Waals surface area contributed by atoms with Crippen molar-refractivity contribution < 1.29 is 14.2 Å². The van der Waals surface area contributed by atoms with Crippen LogP contribution in [0.4, 0.5) is 4.39 Å². The number of hydrogen-bond acceptors (Lipinski definition) is 3. The van der Waals surface area contributed by atoms with Gasteiger partial charge in [0, 0.05) is 18.9 Å². The van der Waals surface area contributed by atoms with Gasteiger partial charge in [-0.15, -0.1) is 0 Å². The number of aliphatic hydroxyl groups is 1. The van der Waals surface area contributed by atoms with Crippen LogP contribution in [0.3, 0.4) is 0 Å². The van der Waals surface area contributed by atoms with Crippen LogP contribution in [0.1, 0.15) is 29.7 Å². The van der Waals surface area contributed by atoms with E-state index in [-0.39, 0.29) is 30.6 Å². The monoisotopic (exact) mass is 367 g/mol. The van der Waals surface area contributed by atoms with E-state index in [1.54, 1.807) is 29.0 Å². The molecule has 0 bridgehead atoms. The zero-order chi connectivity index (χ0) is 19.2. The van der Waals surface area contributed by atoms with E-state index in [4.69, 9.17) is 9.84 Å². The van der Waals surface area contributed by atoms with Crippen molar-refractivity contribution in [2.45, 2.75) is 26.0 Å². The predicted molar refractivity (Wildman–Crippen MR) is 102 cm³/mol. The summed E-state index contributed by atoms with van der Waals surface area (Å²) in [4.78, 5) is 12.5. The number of pyridine rings is 1. The summed E-state index contributed by atoms with van der Waals surface area (Å²) in [5.41, 5.74) is 2.75. The first-order chi connectivity index (χ1) is 13.1. The number of rotatable bonds is 7. The van der Waals surface area contributed by atoms with Crippen LogP contribution < -0.4 is 10.3 Å². The zero-order valence-corrected chi connectivity index (χ0v) is 15.1. The van der Waals surface area contributed by atoms with Gasteiger partial charge in [-0.25, -0.2) is 4.39 Å². The molecule has 0 saturated heterocycles. The molecule has 140 valence electrons. The average molecular weight is 367 g/mol. The lowest BCUT2D eigenvalue weighted by atomic mass is 10.0. The Labute approximate surface area is 157 Å². The number of benzene rings is 2. The number of aliphatic hydroxyl groups excluding tert-OH is 1. The Morgan fingerprint density at radius 1 is 1.04 bits per heavy atom. The second-order valence-electron chi connectivity index (χ2n) is 6.41. The van der Waals surface area contributed by atoms with Crippen molar-refractivity contribution in [3.8, 4) is 5.75 Å². The van der Waals surface area contributed by atoms with E-state index in [1.807, 2.05) is 31.2 Å². The molecular formula is C22H22FNO3. The number of aromatic nitrogens is 1. The number of hydrogen-bond donors (Lipinski definition) is 1. The molecule has 27 heavy (non-hydrogen) atoms. The molecule has 1 aromatic heterocycles. The summed E-state index contributed by atoms with van der Waals surface area (Å²) in [6.07, 6.45) is 2.34. The van der Waals surface area contributed by atoms with E-state index >= 15 is 0 Å². The Morgan fingerprint density at radius 3 is 2.33 bits per heavy atom. The van der Waals surface area contributed by atoms with Gasteiger partial charge in [0.1, 0.15) is 18.2 Å². The quantitative estimate of drug-likeness (QED) is 0.693. The van der Waals surface area contributed by atoms with Crippen molar-refractivity contribution in [3.63, 3.8) is 0 Å². The molecule has 0 fully saturated rings. The highest BCUT2D eigenvalue weighted by Crippen LogP contribution is 2.19. The number of ether oxygens (including phenoxy) is 1. The second kappa shape index (κ2) is 8.64. The molecule has 4 nitrogen and oxygen atoms in total. The molecule has 0 amide bonds. The van der Waals surface area contributed by atoms with Crippen molar-refractivity contribution >= 4 is 0 Å². The second-order valence-corrected chi connectivity index (χ2v) is 6.41. The molecule has 1 atom stereocenters. The first-order valence-electron chi connectivity index (χ1n) is 8.86. The summed E-state index contributed by atoms with van der Waals surface area (Å²) in [5, 5.41) is 8.99. The molecule has 0 radical (unpaired) electrons. The summed E-state index contributed by atoms with van der Waals surface area (Å²) in [6, 6.07) is 17.0. The van der Waals surface area contributed by atoms with Gasteiger partial charge in [0.2, 0.25) is 0 Å². The topological polar surface area (TPSA) is 51.5 Å². The zero-order valence-electron chi connectivity index (χ0n) is 15.1. The molecule has 1 heterocycles. The van der Waals surface area contributed by atoms with Crippen LogP contribution in [0, 0.1) is 5.82 Å². The third-order valence-corrected chi connectivity index (χ3v) is 4.52. The lowest BCUT2D eigenvalue weighted by molar-refractivity contribution is 0.299. The molecule has 1 unspecified atom stereocenters. The van der Waals surface area contributed by atoms with E-state index in [1.165, 1.54) is 18.2 Å². The van der Waals surface area contributed by atoms with E-state index in [0.29, 0.717) is 12.2 Å². The largest absolute Gasteiger partial charge is 0.489 e. The SMILES string of the molecule is CC(c1ccc(CCO)cc1)n1ccc(OCc2ccc(F)cc2)cc1=O. The van der Waals surface area contributed by atoms with Crippen LogP contribution in [0.15, 0.2) is 71.7 Å². The van der Waals surface area contributed by atoms with Gasteiger partial charge in [-0.1, -0.05) is 36.4 Å². The maximum atomic E-state index is 12.9. The highest BCUT2D eigenvalue weighted by atomic mass is 19.1. The molecule has 3 aromatic rings. The molecule has 5 heteroatoms. The van der Waals surface area contributed by atoms with E-state index in [9.17, 15) is 9.18 Å². The average Bonchev–Trinajstić information content (AvgIpc) is 2.68. The van der Waals surface area contributed by atoms with E-state index in [0.717, 1.165) is 16.7 Å². The Balaban J connectivity index is 1.70. The third kappa shape index (κ3) is 4.83. The fourth-order valence-corrected chi connectivity index (χ4v) is 2.88. The Bertz CT molecular complexity index is 933. The number of nitrogens with zero attached hydrogens (tertiary/aromatic N) is 1. The molecule has 0 aliphatic heterocycles. The maximum absolute atomic E-state index is 12.9. The van der Waals surface area contributed by atoms with E-state index < -0.39 is 0 Å². The fourth-order valence-electron chi connectivity index (χ4n) is 2.88. The van der Waals surface area contributed by atoms with Gasteiger partial charge in [0.05, 0.1) is 6.04 Å². The van der Waals surface area contributed by atoms with Crippen LogP contribution in [0.5, 0.6) is 5.75 Å². The normalized spacial score (nSPS) is 12.0. The molecular weight excluding hydrogens is 345 g/mol. The molecule has 0 aliphatic carbocycles. The van der Waals surface area contributed by atoms with Gasteiger partial charge < -0.3 is 14.4 Å². The minimum Gasteiger partial charge on any atom is -0.489 e. The molecule has 3 rings (SSSR count). The summed E-state index contributed by atoms with van der Waals surface area (Å²) >= 11 is 0. The summed E-state index contributed by atoms with van der Waals surface area (Å²) in [5.74, 6) is 0.186. The molecule has 0 spiro atoms. The van der Waals surface area contributed by atoms with Crippen LogP contribution in [-0.2, 0) is 13.0 Å². The van der Waals surface area contributed by atoms with Crippen LogP contribution >= 0.6 is 0 Å². The first-order valence-corrected chi connectivity index (χ1v) is 8.86. The predicted octanol–water partition coefficient (Wildman–Crippen LogP) is 3.71. The molecule has 1 N–H and O–H groups in total. The standard InChI is InChI=1S/C22H22FNO3/c1-16(19-6-2-17(3-7-19)11-13-25)24-12-10-21(14-22(24)26)27-15-18-4-8-20(23)9-5-18/h2-10,12,14,16,25H,11,13,15H2,1H3. The van der Waals surface area contributed by atoms with Crippen molar-refractivity contribution in [2.24, 2.45) is 0 Å². The Morgan fingerprint density at radius 2 is 1.70 bits per heavy atom. The van der Waals surface area contributed by atoms with Gasteiger partial charge in [-0.05, 0) is 48.2 Å². The summed E-state index contributed by atoms with van der Waals surface area (Å²) in [6.45, 7) is 2.35. The van der Waals surface area contributed by atoms with E-state index in [2.05, 4.69) is 0 Å². The minimum atomic E-state index is -0.292. The van der Waals surface area contributed by atoms with Crippen molar-refractivity contribution in [1.29, 1.82) is 0 Å². The smallest absolute Gasteiger partial charge is 0.254 e. The Hall–Kier alpha value is -2.92. The van der Waals surface area contributed by atoms with Gasteiger partial charge in [0.15, 0.2) is 0 Å². The molecule has 0 saturated carbocycles. The van der Waals surface area contributed by atoms with Gasteiger partial charge in [-0.2, -0.15) is 0 Å². The van der Waals surface area contributed by atoms with Crippen LogP contribution in [-0.4, -0.2) is 16.3 Å². The third-order valence-electron chi connectivity index (χ3n) is 4.52. The van der Waals surface area contributed by atoms with Crippen molar-refractivity contribution in [1.82, 2.24) is 4.57 Å².